The summed E-state index contributed by atoms with van der Waals surface area (Å²) in [5.41, 5.74) is 8.85. The van der Waals surface area contributed by atoms with E-state index in [1.165, 1.54) is 51.9 Å². The Hall–Kier alpha value is -3.64. The quantitative estimate of drug-likeness (QED) is 0.288. The Balaban J connectivity index is 1.38. The third kappa shape index (κ3) is 5.08. The van der Waals surface area contributed by atoms with Crippen LogP contribution in [0.25, 0.3) is 17.0 Å². The third-order valence-corrected chi connectivity index (χ3v) is 7.00. The molecule has 1 aliphatic carbocycles. The Morgan fingerprint density at radius 3 is 2.97 bits per heavy atom. The predicted molar refractivity (Wildman–Crippen MR) is 139 cm³/mol. The molecule has 1 unspecified atom stereocenters. The average Bonchev–Trinajstić information content (AvgIpc) is 3.58. The smallest absolute Gasteiger partial charge is 0.330 e. The van der Waals surface area contributed by atoms with Crippen molar-refractivity contribution in [3.8, 4) is 0 Å². The van der Waals surface area contributed by atoms with Gasteiger partial charge in [0.2, 0.25) is 0 Å². The van der Waals surface area contributed by atoms with Crippen LogP contribution in [0.3, 0.4) is 0 Å². The van der Waals surface area contributed by atoms with Crippen LogP contribution in [-0.4, -0.2) is 39.3 Å². The van der Waals surface area contributed by atoms with Crippen molar-refractivity contribution in [3.05, 3.63) is 94.4 Å². The molecule has 4 aromatic rings. The molecule has 0 saturated heterocycles. The number of nitrogens with zero attached hydrogens (tertiary/aromatic N) is 3. The highest BCUT2D eigenvalue weighted by Crippen LogP contribution is 2.37. The van der Waals surface area contributed by atoms with Crippen molar-refractivity contribution in [1.82, 2.24) is 19.7 Å². The molecule has 2 heterocycles. The number of carbonyl (C=O) groups excluding carboxylic acids is 1. The van der Waals surface area contributed by atoms with Crippen molar-refractivity contribution < 1.29 is 9.53 Å². The van der Waals surface area contributed by atoms with Crippen LogP contribution in [0, 0.1) is 6.92 Å². The highest BCUT2D eigenvalue weighted by atomic mass is 16.5. The van der Waals surface area contributed by atoms with E-state index in [0.29, 0.717) is 6.04 Å². The van der Waals surface area contributed by atoms with Crippen molar-refractivity contribution in [3.63, 3.8) is 0 Å². The molecule has 0 fully saturated rings. The first-order chi connectivity index (χ1) is 17.0. The summed E-state index contributed by atoms with van der Waals surface area (Å²) in [7, 11) is 3.37. The Kier molecular flexibility index (Phi) is 6.55. The second-order valence-corrected chi connectivity index (χ2v) is 9.47. The largest absolute Gasteiger partial charge is 0.466 e. The summed E-state index contributed by atoms with van der Waals surface area (Å²) >= 11 is 0. The lowest BCUT2D eigenvalue weighted by molar-refractivity contribution is -0.134. The Labute approximate surface area is 206 Å². The molecule has 0 amide bonds. The SMILES string of the molecule is COC(=O)C=Cc1ccc2c(c1)CCC2N(CCc1c[nH]c2cc(C)ccc12)Cc1cnn(C)c1. The van der Waals surface area contributed by atoms with Gasteiger partial charge in [-0.1, -0.05) is 30.3 Å². The molecule has 2 aromatic carbocycles. The van der Waals surface area contributed by atoms with Crippen LogP contribution in [0.15, 0.2) is 61.1 Å². The molecule has 1 N–H and O–H groups in total. The number of aromatic amines is 1. The summed E-state index contributed by atoms with van der Waals surface area (Å²) < 4.78 is 6.59. The van der Waals surface area contributed by atoms with E-state index in [4.69, 9.17) is 4.74 Å². The zero-order valence-corrected chi connectivity index (χ0v) is 20.6. The number of H-pyrrole nitrogens is 1. The van der Waals surface area contributed by atoms with Crippen LogP contribution < -0.4 is 0 Å². The van der Waals surface area contributed by atoms with E-state index < -0.39 is 0 Å². The number of aryl methyl sites for hydroxylation is 3. The molecule has 0 spiro atoms. The maximum Gasteiger partial charge on any atom is 0.330 e. The first-order valence-corrected chi connectivity index (χ1v) is 12.2. The highest BCUT2D eigenvalue weighted by Gasteiger charge is 2.28. The van der Waals surface area contributed by atoms with E-state index >= 15 is 0 Å². The third-order valence-electron chi connectivity index (χ3n) is 7.00. The number of esters is 1. The van der Waals surface area contributed by atoms with Gasteiger partial charge in [-0.2, -0.15) is 5.10 Å². The summed E-state index contributed by atoms with van der Waals surface area (Å²) in [6, 6.07) is 13.5. The molecule has 35 heavy (non-hydrogen) atoms. The molecule has 1 atom stereocenters. The zero-order chi connectivity index (χ0) is 24.4. The lowest BCUT2D eigenvalue weighted by Gasteiger charge is -2.29. The van der Waals surface area contributed by atoms with Crippen molar-refractivity contribution in [2.24, 2.45) is 7.05 Å². The standard InChI is InChI=1S/C29H32N4O2/c1-20-4-8-25-24(17-30-27(25)14-20)12-13-33(19-22-16-31-32(2)18-22)28-10-7-23-15-21(5-9-26(23)28)6-11-29(34)35-3/h4-6,8-9,11,14-18,28,30H,7,10,12-13,19H2,1-3H3. The van der Waals surface area contributed by atoms with E-state index in [-0.39, 0.29) is 5.97 Å². The number of nitrogens with one attached hydrogen (secondary N) is 1. The van der Waals surface area contributed by atoms with Crippen LogP contribution >= 0.6 is 0 Å². The normalized spacial score (nSPS) is 15.4. The van der Waals surface area contributed by atoms with E-state index in [9.17, 15) is 4.79 Å². The number of rotatable bonds is 8. The average molecular weight is 469 g/mol. The predicted octanol–water partition coefficient (Wildman–Crippen LogP) is 5.13. The molecule has 2 aromatic heterocycles. The van der Waals surface area contributed by atoms with E-state index in [1.807, 2.05) is 24.0 Å². The van der Waals surface area contributed by atoms with Crippen molar-refractivity contribution in [2.75, 3.05) is 13.7 Å². The molecule has 0 aliphatic heterocycles. The number of benzene rings is 2. The number of methoxy groups -OCH3 is 1. The van der Waals surface area contributed by atoms with Gasteiger partial charge in [0, 0.05) is 61.1 Å². The molecule has 0 radical (unpaired) electrons. The topological polar surface area (TPSA) is 63.1 Å². The lowest BCUT2D eigenvalue weighted by Crippen LogP contribution is -2.29. The van der Waals surface area contributed by atoms with E-state index in [0.717, 1.165) is 37.9 Å². The molecular formula is C29H32N4O2. The minimum atomic E-state index is -0.335. The second kappa shape index (κ2) is 9.92. The Bertz CT molecular complexity index is 1380. The number of aromatic nitrogens is 3. The van der Waals surface area contributed by atoms with Crippen LogP contribution in [0.4, 0.5) is 0 Å². The molecule has 6 nitrogen and oxygen atoms in total. The number of hydrogen-bond acceptors (Lipinski definition) is 4. The number of ether oxygens (including phenoxy) is 1. The molecule has 0 saturated carbocycles. The van der Waals surface area contributed by atoms with Gasteiger partial charge in [-0.25, -0.2) is 4.79 Å². The van der Waals surface area contributed by atoms with Gasteiger partial charge in [-0.05, 0) is 66.1 Å². The molecular weight excluding hydrogens is 436 g/mol. The van der Waals surface area contributed by atoms with Gasteiger partial charge < -0.3 is 9.72 Å². The summed E-state index contributed by atoms with van der Waals surface area (Å²) in [4.78, 5) is 17.5. The van der Waals surface area contributed by atoms with Crippen molar-refractivity contribution >= 4 is 22.9 Å². The maximum atomic E-state index is 11.5. The van der Waals surface area contributed by atoms with Gasteiger partial charge in [0.25, 0.3) is 0 Å². The van der Waals surface area contributed by atoms with Crippen molar-refractivity contribution in [2.45, 2.75) is 38.8 Å². The Morgan fingerprint density at radius 1 is 1.29 bits per heavy atom. The summed E-state index contributed by atoms with van der Waals surface area (Å²) in [6.45, 7) is 3.96. The van der Waals surface area contributed by atoms with E-state index in [2.05, 4.69) is 70.7 Å². The summed E-state index contributed by atoms with van der Waals surface area (Å²) in [5, 5.41) is 5.70. The second-order valence-electron chi connectivity index (χ2n) is 9.47. The number of carbonyl (C=O) groups is 1. The monoisotopic (exact) mass is 468 g/mol. The highest BCUT2D eigenvalue weighted by molar-refractivity contribution is 5.87. The number of hydrogen-bond donors (Lipinski definition) is 1. The zero-order valence-electron chi connectivity index (χ0n) is 20.6. The molecule has 6 heteroatoms. The van der Waals surface area contributed by atoms with Crippen LogP contribution in [0.1, 0.15) is 45.8 Å². The minimum Gasteiger partial charge on any atom is -0.466 e. The molecule has 5 rings (SSSR count). The fraction of sp³-hybridized carbons (Fsp3) is 0.310. The van der Waals surface area contributed by atoms with Gasteiger partial charge in [0.1, 0.15) is 0 Å². The maximum absolute atomic E-state index is 11.5. The first kappa shape index (κ1) is 23.1. The van der Waals surface area contributed by atoms with E-state index in [1.54, 1.807) is 0 Å². The van der Waals surface area contributed by atoms with Gasteiger partial charge in [0.15, 0.2) is 0 Å². The van der Waals surface area contributed by atoms with Gasteiger partial charge >= 0.3 is 5.97 Å². The molecule has 1 aliphatic rings. The van der Waals surface area contributed by atoms with Gasteiger partial charge in [-0.15, -0.1) is 0 Å². The summed E-state index contributed by atoms with van der Waals surface area (Å²) in [6.07, 6.45) is 12.7. The fourth-order valence-corrected chi connectivity index (χ4v) is 5.23. The lowest BCUT2D eigenvalue weighted by atomic mass is 10.0. The van der Waals surface area contributed by atoms with Crippen LogP contribution in [-0.2, 0) is 36.0 Å². The van der Waals surface area contributed by atoms with Gasteiger partial charge in [0.05, 0.1) is 13.3 Å². The fourth-order valence-electron chi connectivity index (χ4n) is 5.23. The Morgan fingerprint density at radius 2 is 2.17 bits per heavy atom. The van der Waals surface area contributed by atoms with Crippen molar-refractivity contribution in [1.29, 1.82) is 0 Å². The van der Waals surface area contributed by atoms with Crippen LogP contribution in [0.2, 0.25) is 0 Å². The van der Waals surface area contributed by atoms with Crippen LogP contribution in [0.5, 0.6) is 0 Å². The van der Waals surface area contributed by atoms with Gasteiger partial charge in [-0.3, -0.25) is 9.58 Å². The molecule has 0 bridgehead atoms. The molecule has 180 valence electrons. The minimum absolute atomic E-state index is 0.335. The summed E-state index contributed by atoms with van der Waals surface area (Å²) in [5.74, 6) is -0.335. The first-order valence-electron chi connectivity index (χ1n) is 12.2. The number of fused-ring (bicyclic) bond motifs is 2.